The third kappa shape index (κ3) is 2.19. The number of nitrogens with one attached hydrogen (secondary N) is 1. The van der Waals surface area contributed by atoms with Crippen LogP contribution >= 0.6 is 0 Å². The van der Waals surface area contributed by atoms with Gasteiger partial charge >= 0.3 is 0 Å². The van der Waals surface area contributed by atoms with E-state index in [0.717, 1.165) is 13.0 Å². The largest absolute Gasteiger partial charge is 0.330 e. The zero-order valence-electron chi connectivity index (χ0n) is 7.26. The molecule has 0 aromatic carbocycles. The van der Waals surface area contributed by atoms with Crippen molar-refractivity contribution in [3.63, 3.8) is 0 Å². The van der Waals surface area contributed by atoms with Gasteiger partial charge in [-0.05, 0) is 25.8 Å². The maximum Gasteiger partial charge on any atom is 0.220 e. The van der Waals surface area contributed by atoms with E-state index in [1.165, 1.54) is 12.8 Å². The predicted molar refractivity (Wildman–Crippen MR) is 44.1 cm³/mol. The van der Waals surface area contributed by atoms with Gasteiger partial charge in [-0.25, -0.2) is 0 Å². The number of carbonyl (C=O) groups is 1. The summed E-state index contributed by atoms with van der Waals surface area (Å²) in [6.07, 6.45) is 3.84. The average Bonchev–Trinajstić information content (AvgIpc) is 2.05. The second kappa shape index (κ2) is 3.72. The summed E-state index contributed by atoms with van der Waals surface area (Å²) in [5.74, 6) is 0.143. The number of hydrogen-bond acceptors (Lipinski definition) is 2. The number of piperidine rings is 1. The topological polar surface area (TPSA) is 32.3 Å². The van der Waals surface area contributed by atoms with Crippen molar-refractivity contribution in [3.05, 3.63) is 0 Å². The second-order valence-corrected chi connectivity index (χ2v) is 3.10. The normalized spacial score (nSPS) is 24.7. The molecule has 1 amide bonds. The minimum absolute atomic E-state index is 0.143. The van der Waals surface area contributed by atoms with Crippen molar-refractivity contribution in [2.24, 2.45) is 0 Å². The van der Waals surface area contributed by atoms with E-state index in [9.17, 15) is 4.79 Å². The van der Waals surface area contributed by atoms with E-state index >= 15 is 0 Å². The first-order chi connectivity index (χ1) is 5.22. The van der Waals surface area contributed by atoms with Crippen molar-refractivity contribution in [1.29, 1.82) is 0 Å². The number of hydrogen-bond donors (Lipinski definition) is 1. The highest BCUT2D eigenvalue weighted by Crippen LogP contribution is 2.09. The summed E-state index contributed by atoms with van der Waals surface area (Å²) >= 11 is 0. The lowest BCUT2D eigenvalue weighted by atomic mass is 10.1. The summed E-state index contributed by atoms with van der Waals surface area (Å²) in [6, 6.07) is 0. The Balaban J connectivity index is 2.38. The van der Waals surface area contributed by atoms with Crippen molar-refractivity contribution in [2.75, 3.05) is 13.6 Å². The Morgan fingerprint density at radius 3 is 2.73 bits per heavy atom. The van der Waals surface area contributed by atoms with Crippen LogP contribution in [0.4, 0.5) is 0 Å². The number of nitrogens with zero attached hydrogens (tertiary/aromatic N) is 1. The maximum absolute atomic E-state index is 10.9. The first kappa shape index (κ1) is 8.53. The van der Waals surface area contributed by atoms with Crippen LogP contribution in [0, 0.1) is 0 Å². The van der Waals surface area contributed by atoms with Gasteiger partial charge in [-0.2, -0.15) is 0 Å². The molecule has 11 heavy (non-hydrogen) atoms. The van der Waals surface area contributed by atoms with Gasteiger partial charge in [0.15, 0.2) is 0 Å². The van der Waals surface area contributed by atoms with Crippen LogP contribution in [0.2, 0.25) is 0 Å². The van der Waals surface area contributed by atoms with Crippen molar-refractivity contribution in [3.8, 4) is 0 Å². The quantitative estimate of drug-likeness (QED) is 0.601. The van der Waals surface area contributed by atoms with Crippen LogP contribution in [-0.2, 0) is 4.79 Å². The average molecular weight is 156 g/mol. The van der Waals surface area contributed by atoms with E-state index in [2.05, 4.69) is 5.32 Å². The molecule has 1 heterocycles. The van der Waals surface area contributed by atoms with Crippen molar-refractivity contribution < 1.29 is 4.79 Å². The van der Waals surface area contributed by atoms with Crippen molar-refractivity contribution >= 4 is 5.91 Å². The highest BCUT2D eigenvalue weighted by atomic mass is 16.2. The van der Waals surface area contributed by atoms with Gasteiger partial charge in [0, 0.05) is 14.0 Å². The van der Waals surface area contributed by atoms with Gasteiger partial charge in [0.25, 0.3) is 0 Å². The second-order valence-electron chi connectivity index (χ2n) is 3.10. The number of rotatable bonds is 1. The van der Waals surface area contributed by atoms with Crippen LogP contribution < -0.4 is 5.32 Å². The van der Waals surface area contributed by atoms with E-state index < -0.39 is 0 Å². The molecular weight excluding hydrogens is 140 g/mol. The van der Waals surface area contributed by atoms with Crippen LogP contribution in [0.25, 0.3) is 0 Å². The Morgan fingerprint density at radius 1 is 1.55 bits per heavy atom. The lowest BCUT2D eigenvalue weighted by Gasteiger charge is -2.31. The van der Waals surface area contributed by atoms with Crippen LogP contribution in [0.5, 0.6) is 0 Å². The van der Waals surface area contributed by atoms with Gasteiger partial charge in [0.2, 0.25) is 5.91 Å². The summed E-state index contributed by atoms with van der Waals surface area (Å²) in [5, 5.41) is 3.31. The van der Waals surface area contributed by atoms with Crippen LogP contribution in [0.1, 0.15) is 26.2 Å². The maximum atomic E-state index is 10.9. The summed E-state index contributed by atoms with van der Waals surface area (Å²) in [6.45, 7) is 2.65. The summed E-state index contributed by atoms with van der Waals surface area (Å²) in [7, 11) is 1.85. The molecule has 1 aliphatic rings. The molecule has 0 radical (unpaired) electrons. The molecular formula is C8H16N2O. The van der Waals surface area contributed by atoms with Crippen LogP contribution in [0.15, 0.2) is 0 Å². The van der Waals surface area contributed by atoms with E-state index in [-0.39, 0.29) is 12.1 Å². The highest BCUT2D eigenvalue weighted by molar-refractivity contribution is 5.73. The minimum Gasteiger partial charge on any atom is -0.330 e. The first-order valence-electron chi connectivity index (χ1n) is 4.18. The summed E-state index contributed by atoms with van der Waals surface area (Å²) in [4.78, 5) is 12.7. The van der Waals surface area contributed by atoms with E-state index in [4.69, 9.17) is 0 Å². The molecule has 1 N–H and O–H groups in total. The molecule has 1 aliphatic heterocycles. The Bertz CT molecular complexity index is 141. The van der Waals surface area contributed by atoms with Gasteiger partial charge in [-0.15, -0.1) is 0 Å². The Morgan fingerprint density at radius 2 is 2.27 bits per heavy atom. The molecule has 1 atom stereocenters. The summed E-state index contributed by atoms with van der Waals surface area (Å²) in [5.41, 5.74) is 0. The molecule has 3 heteroatoms. The van der Waals surface area contributed by atoms with E-state index in [1.54, 1.807) is 11.8 Å². The number of carbonyl (C=O) groups excluding carboxylic acids is 1. The standard InChI is InChI=1S/C8H16N2O/c1-7(11)10(2)8-5-3-4-6-9-8/h8-9H,3-6H2,1-2H3. The van der Waals surface area contributed by atoms with E-state index in [1.807, 2.05) is 7.05 Å². The zero-order chi connectivity index (χ0) is 8.27. The molecule has 0 aromatic rings. The Kier molecular flexibility index (Phi) is 2.88. The van der Waals surface area contributed by atoms with Gasteiger partial charge in [-0.3, -0.25) is 10.1 Å². The van der Waals surface area contributed by atoms with Crippen LogP contribution in [0.3, 0.4) is 0 Å². The van der Waals surface area contributed by atoms with Crippen molar-refractivity contribution in [1.82, 2.24) is 10.2 Å². The molecule has 0 saturated carbocycles. The molecule has 0 spiro atoms. The SMILES string of the molecule is CC(=O)N(C)C1CCCCN1. The van der Waals surface area contributed by atoms with Gasteiger partial charge in [0.05, 0.1) is 6.17 Å². The fraction of sp³-hybridized carbons (Fsp3) is 0.875. The molecule has 1 rings (SSSR count). The molecule has 0 bridgehead atoms. The predicted octanol–water partition coefficient (Wildman–Crippen LogP) is 0.564. The van der Waals surface area contributed by atoms with Crippen LogP contribution in [-0.4, -0.2) is 30.6 Å². The van der Waals surface area contributed by atoms with Gasteiger partial charge in [-0.1, -0.05) is 0 Å². The fourth-order valence-electron chi connectivity index (χ4n) is 1.38. The Hall–Kier alpha value is -0.570. The Labute approximate surface area is 67.8 Å². The molecule has 0 aliphatic carbocycles. The zero-order valence-corrected chi connectivity index (χ0v) is 7.26. The smallest absolute Gasteiger partial charge is 0.220 e. The molecule has 0 aromatic heterocycles. The molecule has 1 fully saturated rings. The molecule has 3 nitrogen and oxygen atoms in total. The lowest BCUT2D eigenvalue weighted by molar-refractivity contribution is -0.130. The lowest BCUT2D eigenvalue weighted by Crippen LogP contribution is -2.48. The van der Waals surface area contributed by atoms with Gasteiger partial charge in [0.1, 0.15) is 0 Å². The minimum atomic E-state index is 0.143. The number of amides is 1. The fourth-order valence-corrected chi connectivity index (χ4v) is 1.38. The van der Waals surface area contributed by atoms with Gasteiger partial charge < -0.3 is 4.90 Å². The van der Waals surface area contributed by atoms with E-state index in [0.29, 0.717) is 0 Å². The highest BCUT2D eigenvalue weighted by Gasteiger charge is 2.18. The monoisotopic (exact) mass is 156 g/mol. The third-order valence-electron chi connectivity index (χ3n) is 2.25. The third-order valence-corrected chi connectivity index (χ3v) is 2.25. The summed E-state index contributed by atoms with van der Waals surface area (Å²) < 4.78 is 0. The molecule has 1 unspecified atom stereocenters. The van der Waals surface area contributed by atoms with Crippen molar-refractivity contribution in [2.45, 2.75) is 32.4 Å². The molecule has 64 valence electrons. The molecule has 1 saturated heterocycles. The first-order valence-corrected chi connectivity index (χ1v) is 4.18.